The van der Waals surface area contributed by atoms with Crippen LogP contribution in [0.2, 0.25) is 0 Å². The molecule has 0 spiro atoms. The zero-order valence-electron chi connectivity index (χ0n) is 16.5. The summed E-state index contributed by atoms with van der Waals surface area (Å²) < 4.78 is 25.7. The van der Waals surface area contributed by atoms with E-state index in [1.165, 1.54) is 6.26 Å². The summed E-state index contributed by atoms with van der Waals surface area (Å²) in [6, 6.07) is 8.27. The molecule has 1 unspecified atom stereocenters. The van der Waals surface area contributed by atoms with Crippen LogP contribution in [0.3, 0.4) is 0 Å². The SMILES string of the molecule is CCN(C)c1ccc(-c2nc(C(C)CS(C)(=O)=O)n(C34CC(C3)C4)n2)cc1. The lowest BCUT2D eigenvalue weighted by atomic mass is 9.50. The Hall–Kier alpha value is -1.89. The third-order valence-corrected chi connectivity index (χ3v) is 7.23. The molecule has 0 saturated heterocycles. The van der Waals surface area contributed by atoms with Crippen LogP contribution in [0.5, 0.6) is 0 Å². The van der Waals surface area contributed by atoms with Crippen LogP contribution in [0.4, 0.5) is 5.69 Å². The zero-order valence-corrected chi connectivity index (χ0v) is 17.3. The van der Waals surface area contributed by atoms with E-state index >= 15 is 0 Å². The van der Waals surface area contributed by atoms with Crippen molar-refractivity contribution in [3.63, 3.8) is 0 Å². The number of aromatic nitrogens is 3. The van der Waals surface area contributed by atoms with Gasteiger partial charge in [-0.1, -0.05) is 6.92 Å². The highest BCUT2D eigenvalue weighted by Crippen LogP contribution is 2.62. The van der Waals surface area contributed by atoms with Crippen molar-refractivity contribution < 1.29 is 8.42 Å². The predicted octanol–water partition coefficient (Wildman–Crippen LogP) is 3.06. The molecule has 3 aliphatic rings. The fourth-order valence-corrected chi connectivity index (χ4v) is 5.44. The lowest BCUT2D eigenvalue weighted by molar-refractivity contribution is -0.100. The number of nitrogens with zero attached hydrogens (tertiary/aromatic N) is 4. The number of hydrogen-bond acceptors (Lipinski definition) is 5. The Morgan fingerprint density at radius 1 is 1.26 bits per heavy atom. The Morgan fingerprint density at radius 3 is 2.37 bits per heavy atom. The molecule has 7 heteroatoms. The number of rotatable bonds is 7. The largest absolute Gasteiger partial charge is 0.375 e. The smallest absolute Gasteiger partial charge is 0.181 e. The number of sulfone groups is 1. The van der Waals surface area contributed by atoms with Gasteiger partial charge >= 0.3 is 0 Å². The van der Waals surface area contributed by atoms with Crippen LogP contribution in [-0.4, -0.2) is 48.8 Å². The van der Waals surface area contributed by atoms with Crippen LogP contribution in [0.25, 0.3) is 11.4 Å². The van der Waals surface area contributed by atoms with Gasteiger partial charge in [0.25, 0.3) is 0 Å². The lowest BCUT2D eigenvalue weighted by Crippen LogP contribution is -2.60. The highest BCUT2D eigenvalue weighted by atomic mass is 32.2. The van der Waals surface area contributed by atoms with Crippen LogP contribution in [-0.2, 0) is 15.4 Å². The van der Waals surface area contributed by atoms with Crippen LogP contribution < -0.4 is 4.90 Å². The summed E-state index contributed by atoms with van der Waals surface area (Å²) in [6.07, 6.45) is 4.73. The van der Waals surface area contributed by atoms with Crippen molar-refractivity contribution in [3.8, 4) is 11.4 Å². The molecule has 1 aromatic heterocycles. The van der Waals surface area contributed by atoms with Crippen LogP contribution in [0, 0.1) is 5.92 Å². The first-order chi connectivity index (χ1) is 12.7. The van der Waals surface area contributed by atoms with Crippen LogP contribution >= 0.6 is 0 Å². The minimum atomic E-state index is -3.07. The molecule has 0 amide bonds. The minimum absolute atomic E-state index is 0.0827. The van der Waals surface area contributed by atoms with E-state index in [4.69, 9.17) is 10.1 Å². The fraction of sp³-hybridized carbons (Fsp3) is 0.600. The fourth-order valence-electron chi connectivity index (χ4n) is 4.38. The normalized spacial score (nSPS) is 24.8. The van der Waals surface area contributed by atoms with Gasteiger partial charge in [-0.05, 0) is 56.4 Å². The average molecular weight is 389 g/mol. The van der Waals surface area contributed by atoms with Crippen molar-refractivity contribution in [3.05, 3.63) is 30.1 Å². The molecule has 27 heavy (non-hydrogen) atoms. The van der Waals surface area contributed by atoms with Gasteiger partial charge in [-0.25, -0.2) is 18.1 Å². The summed E-state index contributed by atoms with van der Waals surface area (Å²) in [4.78, 5) is 6.98. The molecule has 3 saturated carbocycles. The summed E-state index contributed by atoms with van der Waals surface area (Å²) in [5, 5.41) is 4.86. The molecular weight excluding hydrogens is 360 g/mol. The summed E-state index contributed by atoms with van der Waals surface area (Å²) >= 11 is 0. The maximum absolute atomic E-state index is 11.8. The van der Waals surface area contributed by atoms with Gasteiger partial charge in [0.2, 0.25) is 0 Å². The van der Waals surface area contributed by atoms with E-state index in [0.717, 1.165) is 48.8 Å². The quantitative estimate of drug-likeness (QED) is 0.729. The Kier molecular flexibility index (Phi) is 4.33. The molecule has 2 bridgehead atoms. The molecule has 146 valence electrons. The van der Waals surface area contributed by atoms with Gasteiger partial charge < -0.3 is 4.90 Å². The Bertz CT molecular complexity index is 932. The standard InChI is InChI=1S/C20H28N4O2S/c1-5-23(3)17-8-6-16(7-9-17)18-21-19(14(2)13-27(4,25)26)24(22-18)20-10-15(11-20)12-20/h6-9,14-15H,5,10-13H2,1-4H3. The average Bonchev–Trinajstić information content (AvgIpc) is 2.95. The molecule has 0 N–H and O–H groups in total. The van der Waals surface area contributed by atoms with Crippen molar-refractivity contribution in [2.45, 2.75) is 44.6 Å². The summed E-state index contributed by atoms with van der Waals surface area (Å²) in [6.45, 7) is 5.01. The Labute approximate surface area is 161 Å². The molecule has 5 rings (SSSR count). The molecule has 1 atom stereocenters. The van der Waals surface area contributed by atoms with Gasteiger partial charge in [-0.2, -0.15) is 5.10 Å². The third-order valence-electron chi connectivity index (χ3n) is 6.12. The highest BCUT2D eigenvalue weighted by Gasteiger charge is 2.59. The summed E-state index contributed by atoms with van der Waals surface area (Å²) in [5.74, 6) is 2.26. The van der Waals surface area contributed by atoms with E-state index in [-0.39, 0.29) is 17.2 Å². The van der Waals surface area contributed by atoms with E-state index in [2.05, 4.69) is 35.7 Å². The van der Waals surface area contributed by atoms with E-state index in [9.17, 15) is 8.42 Å². The molecule has 1 heterocycles. The summed E-state index contributed by atoms with van der Waals surface area (Å²) in [5.41, 5.74) is 2.21. The van der Waals surface area contributed by atoms with Gasteiger partial charge in [-0.15, -0.1) is 0 Å². The molecule has 0 aliphatic heterocycles. The highest BCUT2D eigenvalue weighted by molar-refractivity contribution is 7.90. The molecule has 0 radical (unpaired) electrons. The van der Waals surface area contributed by atoms with E-state index < -0.39 is 9.84 Å². The molecule has 2 aromatic rings. The number of benzene rings is 1. The van der Waals surface area contributed by atoms with Gasteiger partial charge in [0.1, 0.15) is 15.7 Å². The van der Waals surface area contributed by atoms with Gasteiger partial charge in [-0.3, -0.25) is 0 Å². The first-order valence-electron chi connectivity index (χ1n) is 9.67. The minimum Gasteiger partial charge on any atom is -0.375 e. The van der Waals surface area contributed by atoms with E-state index in [1.54, 1.807) is 0 Å². The topological polar surface area (TPSA) is 68.1 Å². The van der Waals surface area contributed by atoms with Crippen molar-refractivity contribution in [2.24, 2.45) is 5.92 Å². The van der Waals surface area contributed by atoms with Crippen molar-refractivity contribution >= 4 is 15.5 Å². The monoisotopic (exact) mass is 388 g/mol. The number of anilines is 1. The maximum atomic E-state index is 11.8. The van der Waals surface area contributed by atoms with Crippen molar-refractivity contribution in [2.75, 3.05) is 30.5 Å². The molecule has 1 aromatic carbocycles. The Morgan fingerprint density at radius 2 is 1.89 bits per heavy atom. The van der Waals surface area contributed by atoms with Gasteiger partial charge in [0.15, 0.2) is 5.82 Å². The second kappa shape index (κ2) is 6.33. The van der Waals surface area contributed by atoms with E-state index in [1.807, 2.05) is 19.1 Å². The third kappa shape index (κ3) is 3.26. The first kappa shape index (κ1) is 18.5. The maximum Gasteiger partial charge on any atom is 0.181 e. The molecule has 6 nitrogen and oxygen atoms in total. The summed E-state index contributed by atoms with van der Waals surface area (Å²) in [7, 11) is -1.00. The van der Waals surface area contributed by atoms with E-state index in [0.29, 0.717) is 5.82 Å². The van der Waals surface area contributed by atoms with Gasteiger partial charge in [0, 0.05) is 37.0 Å². The van der Waals surface area contributed by atoms with Crippen LogP contribution in [0.15, 0.2) is 24.3 Å². The van der Waals surface area contributed by atoms with Crippen molar-refractivity contribution in [1.82, 2.24) is 14.8 Å². The van der Waals surface area contributed by atoms with Crippen LogP contribution in [0.1, 0.15) is 44.9 Å². The van der Waals surface area contributed by atoms with Gasteiger partial charge in [0.05, 0.1) is 11.3 Å². The predicted molar refractivity (Wildman–Crippen MR) is 108 cm³/mol. The second-order valence-electron chi connectivity index (χ2n) is 8.46. The first-order valence-corrected chi connectivity index (χ1v) is 11.7. The number of hydrogen-bond donors (Lipinski definition) is 0. The molecular formula is C20H28N4O2S. The Balaban J connectivity index is 1.69. The second-order valence-corrected chi connectivity index (χ2v) is 10.6. The van der Waals surface area contributed by atoms with Crippen molar-refractivity contribution in [1.29, 1.82) is 0 Å². The molecule has 3 fully saturated rings. The zero-order chi connectivity index (χ0) is 19.4. The molecule has 3 aliphatic carbocycles. The lowest BCUT2D eigenvalue weighted by Gasteiger charge is -2.61.